The van der Waals surface area contributed by atoms with Crippen molar-refractivity contribution < 1.29 is 18.0 Å². The largest absolute Gasteiger partial charge is 0.354 e. The van der Waals surface area contributed by atoms with Gasteiger partial charge in [-0.15, -0.1) is 0 Å². The van der Waals surface area contributed by atoms with Crippen LogP contribution in [0.15, 0.2) is 46.9 Å². The third kappa shape index (κ3) is 8.10. The predicted molar refractivity (Wildman–Crippen MR) is 145 cm³/mol. The Labute approximate surface area is 225 Å². The molecule has 2 aromatic rings. The Bertz CT molecular complexity index is 1130. The van der Waals surface area contributed by atoms with Crippen molar-refractivity contribution in [3.05, 3.63) is 62.5 Å². The third-order valence-electron chi connectivity index (χ3n) is 5.41. The van der Waals surface area contributed by atoms with Crippen LogP contribution in [0.25, 0.3) is 0 Å². The van der Waals surface area contributed by atoms with E-state index in [-0.39, 0.29) is 12.5 Å². The molecule has 0 aliphatic rings. The standard InChI is InChI=1S/C24H30BrCl2N3O4S/c1-4-6-14-28-24(32)21(5-2)29(15-17-19(26)11-9-12-20(17)27)23(31)16-30(35(3,33)34)22-13-8-7-10-18(22)25/h7-13,21H,4-6,14-16H2,1-3H3,(H,28,32)/t21-/m1/s1. The van der Waals surface area contributed by atoms with Crippen LogP contribution in [0.2, 0.25) is 10.0 Å². The number of sulfonamides is 1. The molecule has 11 heteroatoms. The van der Waals surface area contributed by atoms with Gasteiger partial charge in [0.15, 0.2) is 0 Å². The van der Waals surface area contributed by atoms with E-state index in [1.54, 1.807) is 49.4 Å². The lowest BCUT2D eigenvalue weighted by molar-refractivity contribution is -0.140. The zero-order chi connectivity index (χ0) is 26.2. The van der Waals surface area contributed by atoms with Crippen molar-refractivity contribution in [2.45, 2.75) is 45.7 Å². The number of nitrogens with zero attached hydrogens (tertiary/aromatic N) is 2. The number of unbranched alkanes of at least 4 members (excludes halogenated alkanes) is 1. The molecule has 2 aromatic carbocycles. The number of rotatable bonds is 12. The molecule has 35 heavy (non-hydrogen) atoms. The first-order valence-corrected chi connectivity index (χ1v) is 14.6. The molecule has 0 bridgehead atoms. The molecule has 0 radical (unpaired) electrons. The molecule has 1 atom stereocenters. The number of halogens is 3. The number of benzene rings is 2. The molecule has 0 saturated heterocycles. The third-order valence-corrected chi connectivity index (χ3v) is 7.91. The van der Waals surface area contributed by atoms with Gasteiger partial charge in [0.25, 0.3) is 0 Å². The monoisotopic (exact) mass is 605 g/mol. The fraction of sp³-hybridized carbons (Fsp3) is 0.417. The number of amides is 2. The molecule has 0 spiro atoms. The van der Waals surface area contributed by atoms with Gasteiger partial charge < -0.3 is 10.2 Å². The summed E-state index contributed by atoms with van der Waals surface area (Å²) >= 11 is 16.1. The van der Waals surface area contributed by atoms with Crippen molar-refractivity contribution in [1.82, 2.24) is 10.2 Å². The van der Waals surface area contributed by atoms with Crippen LogP contribution < -0.4 is 9.62 Å². The van der Waals surface area contributed by atoms with E-state index < -0.39 is 28.5 Å². The van der Waals surface area contributed by atoms with Crippen molar-refractivity contribution in [1.29, 1.82) is 0 Å². The predicted octanol–water partition coefficient (Wildman–Crippen LogP) is 5.25. The molecule has 0 unspecified atom stereocenters. The average molecular weight is 607 g/mol. The molecule has 0 aliphatic heterocycles. The van der Waals surface area contributed by atoms with Gasteiger partial charge in [-0.3, -0.25) is 13.9 Å². The Morgan fingerprint density at radius 1 is 1.06 bits per heavy atom. The van der Waals surface area contributed by atoms with Gasteiger partial charge in [-0.2, -0.15) is 0 Å². The van der Waals surface area contributed by atoms with E-state index in [2.05, 4.69) is 21.2 Å². The molecule has 192 valence electrons. The van der Waals surface area contributed by atoms with Gasteiger partial charge >= 0.3 is 0 Å². The molecule has 1 N–H and O–H groups in total. The lowest BCUT2D eigenvalue weighted by atomic mass is 10.1. The highest BCUT2D eigenvalue weighted by Gasteiger charge is 2.32. The molecule has 0 aliphatic carbocycles. The summed E-state index contributed by atoms with van der Waals surface area (Å²) in [5.74, 6) is -0.871. The first-order valence-electron chi connectivity index (χ1n) is 11.2. The Morgan fingerprint density at radius 3 is 2.23 bits per heavy atom. The van der Waals surface area contributed by atoms with E-state index in [4.69, 9.17) is 23.2 Å². The number of hydrogen-bond acceptors (Lipinski definition) is 4. The quantitative estimate of drug-likeness (QED) is 0.335. The number of hydrogen-bond donors (Lipinski definition) is 1. The van der Waals surface area contributed by atoms with E-state index in [1.807, 2.05) is 6.92 Å². The lowest BCUT2D eigenvalue weighted by Crippen LogP contribution is -2.52. The minimum atomic E-state index is -3.83. The summed E-state index contributed by atoms with van der Waals surface area (Å²) in [6.07, 6.45) is 3.06. The highest BCUT2D eigenvalue weighted by Crippen LogP contribution is 2.30. The highest BCUT2D eigenvalue weighted by molar-refractivity contribution is 9.10. The summed E-state index contributed by atoms with van der Waals surface area (Å²) in [6, 6.07) is 10.9. The summed E-state index contributed by atoms with van der Waals surface area (Å²) in [5, 5.41) is 3.57. The van der Waals surface area contributed by atoms with Gasteiger partial charge in [-0.1, -0.05) is 61.7 Å². The Hall–Kier alpha value is -1.81. The van der Waals surface area contributed by atoms with Crippen molar-refractivity contribution >= 4 is 66.7 Å². The number of nitrogens with one attached hydrogen (secondary N) is 1. The topological polar surface area (TPSA) is 86.8 Å². The fourth-order valence-corrected chi connectivity index (χ4v) is 5.52. The Balaban J connectivity index is 2.48. The molecule has 0 aromatic heterocycles. The van der Waals surface area contributed by atoms with Gasteiger partial charge in [0, 0.05) is 33.2 Å². The molecule has 7 nitrogen and oxygen atoms in total. The van der Waals surface area contributed by atoms with Crippen molar-refractivity contribution in [3.63, 3.8) is 0 Å². The molecule has 0 saturated carbocycles. The van der Waals surface area contributed by atoms with Crippen LogP contribution in [-0.4, -0.2) is 50.5 Å². The second-order valence-electron chi connectivity index (χ2n) is 8.01. The summed E-state index contributed by atoms with van der Waals surface area (Å²) < 4.78 is 26.9. The second kappa shape index (κ2) is 13.5. The Morgan fingerprint density at radius 2 is 1.69 bits per heavy atom. The van der Waals surface area contributed by atoms with Gasteiger partial charge in [0.05, 0.1) is 11.9 Å². The van der Waals surface area contributed by atoms with Crippen LogP contribution in [0.1, 0.15) is 38.7 Å². The first-order chi connectivity index (χ1) is 16.5. The van der Waals surface area contributed by atoms with Crippen molar-refractivity contribution in [2.75, 3.05) is 23.7 Å². The van der Waals surface area contributed by atoms with Crippen LogP contribution >= 0.6 is 39.1 Å². The molecular formula is C24H30BrCl2N3O4S. The second-order valence-corrected chi connectivity index (χ2v) is 11.6. The zero-order valence-electron chi connectivity index (χ0n) is 19.9. The maximum absolute atomic E-state index is 13.7. The fourth-order valence-electron chi connectivity index (χ4n) is 3.53. The van der Waals surface area contributed by atoms with E-state index in [9.17, 15) is 18.0 Å². The van der Waals surface area contributed by atoms with E-state index >= 15 is 0 Å². The normalized spacial score (nSPS) is 12.2. The molecule has 2 rings (SSSR count). The summed E-state index contributed by atoms with van der Waals surface area (Å²) in [6.45, 7) is 3.74. The SMILES string of the molecule is CCCCNC(=O)[C@@H](CC)N(Cc1c(Cl)cccc1Cl)C(=O)CN(c1ccccc1Br)S(C)(=O)=O. The minimum Gasteiger partial charge on any atom is -0.354 e. The molecule has 0 fully saturated rings. The van der Waals surface area contributed by atoms with Crippen LogP contribution in [0.3, 0.4) is 0 Å². The van der Waals surface area contributed by atoms with Crippen LogP contribution in [0, 0.1) is 0 Å². The van der Waals surface area contributed by atoms with Gasteiger partial charge in [-0.25, -0.2) is 8.42 Å². The van der Waals surface area contributed by atoms with Crippen LogP contribution in [0.4, 0.5) is 5.69 Å². The first kappa shape index (κ1) is 29.4. The summed E-state index contributed by atoms with van der Waals surface area (Å²) in [4.78, 5) is 28.1. The number of anilines is 1. The molecule has 0 heterocycles. The van der Waals surface area contributed by atoms with E-state index in [1.165, 1.54) is 4.90 Å². The van der Waals surface area contributed by atoms with Gasteiger partial charge in [0.1, 0.15) is 12.6 Å². The number of carbonyl (C=O) groups is 2. The van der Waals surface area contributed by atoms with E-state index in [0.717, 1.165) is 23.4 Å². The van der Waals surface area contributed by atoms with Crippen molar-refractivity contribution in [2.24, 2.45) is 0 Å². The molecular weight excluding hydrogens is 577 g/mol. The number of carbonyl (C=O) groups excluding carboxylic acids is 2. The van der Waals surface area contributed by atoms with Crippen molar-refractivity contribution in [3.8, 4) is 0 Å². The minimum absolute atomic E-state index is 0.0510. The van der Waals surface area contributed by atoms with Crippen LogP contribution in [-0.2, 0) is 26.2 Å². The lowest BCUT2D eigenvalue weighted by Gasteiger charge is -2.33. The molecule has 2 amide bonds. The smallest absolute Gasteiger partial charge is 0.244 e. The maximum atomic E-state index is 13.7. The average Bonchev–Trinajstić information content (AvgIpc) is 2.79. The summed E-state index contributed by atoms with van der Waals surface area (Å²) in [5.41, 5.74) is 0.801. The van der Waals surface area contributed by atoms with Gasteiger partial charge in [-0.05, 0) is 53.0 Å². The van der Waals surface area contributed by atoms with Crippen LogP contribution in [0.5, 0.6) is 0 Å². The zero-order valence-corrected chi connectivity index (χ0v) is 23.8. The Kier molecular flexibility index (Phi) is 11.3. The maximum Gasteiger partial charge on any atom is 0.244 e. The number of para-hydroxylation sites is 1. The highest BCUT2D eigenvalue weighted by atomic mass is 79.9. The summed E-state index contributed by atoms with van der Waals surface area (Å²) in [7, 11) is -3.83. The van der Waals surface area contributed by atoms with E-state index in [0.29, 0.717) is 38.7 Å². The van der Waals surface area contributed by atoms with Gasteiger partial charge in [0.2, 0.25) is 21.8 Å².